The predicted molar refractivity (Wildman–Crippen MR) is 54.2 cm³/mol. The van der Waals surface area contributed by atoms with Crippen LogP contribution < -0.4 is 4.74 Å². The van der Waals surface area contributed by atoms with Gasteiger partial charge in [-0.25, -0.2) is 0 Å². The van der Waals surface area contributed by atoms with Crippen molar-refractivity contribution in [3.8, 4) is 5.75 Å². The summed E-state index contributed by atoms with van der Waals surface area (Å²) in [5.74, 6) is 1.26. The van der Waals surface area contributed by atoms with Crippen LogP contribution >= 0.6 is 11.6 Å². The van der Waals surface area contributed by atoms with Gasteiger partial charge in [0.05, 0.1) is 23.9 Å². The Hall–Kier alpha value is -0.760. The van der Waals surface area contributed by atoms with Crippen LogP contribution in [0.2, 0.25) is 0 Å². The van der Waals surface area contributed by atoms with Gasteiger partial charge in [-0.05, 0) is 25.5 Å². The maximum Gasteiger partial charge on any atom is 0.138 e. The molecule has 72 valence electrons. The minimum atomic E-state index is 0.239. The molecule has 13 heavy (non-hydrogen) atoms. The SMILES string of the molecule is CCC(C)Oc1ccc(CCl)nc1. The predicted octanol–water partition coefficient (Wildman–Crippen LogP) is 3.00. The summed E-state index contributed by atoms with van der Waals surface area (Å²) in [6.07, 6.45) is 2.95. The molecule has 1 unspecified atom stereocenters. The van der Waals surface area contributed by atoms with Crippen molar-refractivity contribution < 1.29 is 4.74 Å². The summed E-state index contributed by atoms with van der Waals surface area (Å²) >= 11 is 5.61. The zero-order valence-corrected chi connectivity index (χ0v) is 8.71. The van der Waals surface area contributed by atoms with E-state index in [1.807, 2.05) is 19.1 Å². The van der Waals surface area contributed by atoms with Crippen LogP contribution in [0.4, 0.5) is 0 Å². The fourth-order valence-corrected chi connectivity index (χ4v) is 1.03. The van der Waals surface area contributed by atoms with Gasteiger partial charge in [0, 0.05) is 0 Å². The Labute approximate surface area is 83.9 Å². The molecule has 1 heterocycles. The van der Waals surface area contributed by atoms with Crippen molar-refractivity contribution >= 4 is 11.6 Å². The monoisotopic (exact) mass is 199 g/mol. The Bertz CT molecular complexity index is 248. The highest BCUT2D eigenvalue weighted by Crippen LogP contribution is 2.12. The smallest absolute Gasteiger partial charge is 0.138 e. The molecule has 0 aromatic carbocycles. The van der Waals surface area contributed by atoms with Crippen LogP contribution in [-0.2, 0) is 5.88 Å². The molecule has 0 aliphatic carbocycles. The normalized spacial score (nSPS) is 12.5. The average Bonchev–Trinajstić information content (AvgIpc) is 2.19. The molecule has 2 nitrogen and oxygen atoms in total. The molecule has 0 bridgehead atoms. The van der Waals surface area contributed by atoms with E-state index in [1.165, 1.54) is 0 Å². The van der Waals surface area contributed by atoms with Gasteiger partial charge in [-0.15, -0.1) is 11.6 Å². The molecule has 0 aliphatic rings. The Morgan fingerprint density at radius 1 is 1.54 bits per heavy atom. The van der Waals surface area contributed by atoms with Crippen molar-refractivity contribution in [3.63, 3.8) is 0 Å². The number of alkyl halides is 1. The van der Waals surface area contributed by atoms with Gasteiger partial charge in [-0.1, -0.05) is 6.92 Å². The van der Waals surface area contributed by atoms with Crippen LogP contribution in [-0.4, -0.2) is 11.1 Å². The van der Waals surface area contributed by atoms with Crippen molar-refractivity contribution in [3.05, 3.63) is 24.0 Å². The molecule has 0 radical (unpaired) electrons. The molecule has 0 aliphatic heterocycles. The molecule has 0 saturated heterocycles. The fraction of sp³-hybridized carbons (Fsp3) is 0.500. The first kappa shape index (κ1) is 10.3. The van der Waals surface area contributed by atoms with E-state index >= 15 is 0 Å². The third kappa shape index (κ3) is 3.23. The number of hydrogen-bond acceptors (Lipinski definition) is 2. The standard InChI is InChI=1S/C10H14ClNO/c1-3-8(2)13-10-5-4-9(6-11)12-7-10/h4-5,7-8H,3,6H2,1-2H3. The van der Waals surface area contributed by atoms with Gasteiger partial charge in [0.1, 0.15) is 5.75 Å². The van der Waals surface area contributed by atoms with E-state index in [-0.39, 0.29) is 6.10 Å². The first-order valence-electron chi connectivity index (χ1n) is 4.43. The van der Waals surface area contributed by atoms with E-state index < -0.39 is 0 Å². The van der Waals surface area contributed by atoms with Gasteiger partial charge in [-0.3, -0.25) is 4.98 Å². The molecule has 0 saturated carbocycles. The molecule has 0 fully saturated rings. The van der Waals surface area contributed by atoms with Gasteiger partial charge in [0.2, 0.25) is 0 Å². The van der Waals surface area contributed by atoms with Crippen molar-refractivity contribution in [2.75, 3.05) is 0 Å². The Balaban J connectivity index is 2.58. The number of hydrogen-bond donors (Lipinski definition) is 0. The summed E-state index contributed by atoms with van der Waals surface area (Å²) < 4.78 is 5.56. The Morgan fingerprint density at radius 2 is 2.31 bits per heavy atom. The molecule has 0 amide bonds. The van der Waals surface area contributed by atoms with E-state index in [0.717, 1.165) is 17.9 Å². The minimum absolute atomic E-state index is 0.239. The van der Waals surface area contributed by atoms with Gasteiger partial charge >= 0.3 is 0 Å². The van der Waals surface area contributed by atoms with Crippen LogP contribution in [0.1, 0.15) is 26.0 Å². The van der Waals surface area contributed by atoms with Crippen LogP contribution in [0.15, 0.2) is 18.3 Å². The van der Waals surface area contributed by atoms with Crippen molar-refractivity contribution in [1.29, 1.82) is 0 Å². The summed E-state index contributed by atoms with van der Waals surface area (Å²) in [7, 11) is 0. The van der Waals surface area contributed by atoms with Crippen molar-refractivity contribution in [1.82, 2.24) is 4.98 Å². The van der Waals surface area contributed by atoms with E-state index in [0.29, 0.717) is 5.88 Å². The van der Waals surface area contributed by atoms with Gasteiger partial charge in [-0.2, -0.15) is 0 Å². The number of nitrogens with zero attached hydrogens (tertiary/aromatic N) is 1. The average molecular weight is 200 g/mol. The quantitative estimate of drug-likeness (QED) is 0.696. The highest BCUT2D eigenvalue weighted by molar-refractivity contribution is 6.16. The molecule has 3 heteroatoms. The fourth-order valence-electron chi connectivity index (χ4n) is 0.875. The lowest BCUT2D eigenvalue weighted by atomic mass is 10.3. The van der Waals surface area contributed by atoms with Gasteiger partial charge in [0.15, 0.2) is 0 Å². The van der Waals surface area contributed by atoms with E-state index in [4.69, 9.17) is 16.3 Å². The number of ether oxygens (including phenoxy) is 1. The van der Waals surface area contributed by atoms with E-state index in [9.17, 15) is 0 Å². The van der Waals surface area contributed by atoms with Crippen LogP contribution in [0.25, 0.3) is 0 Å². The second-order valence-electron chi connectivity index (χ2n) is 2.96. The molecule has 1 aromatic heterocycles. The molecule has 1 aromatic rings. The topological polar surface area (TPSA) is 22.1 Å². The first-order valence-corrected chi connectivity index (χ1v) is 4.97. The summed E-state index contributed by atoms with van der Waals surface area (Å²) in [6.45, 7) is 4.13. The van der Waals surface area contributed by atoms with Crippen LogP contribution in [0.5, 0.6) is 5.75 Å². The van der Waals surface area contributed by atoms with Gasteiger partial charge in [0.25, 0.3) is 0 Å². The van der Waals surface area contributed by atoms with E-state index in [2.05, 4.69) is 11.9 Å². The summed E-state index contributed by atoms with van der Waals surface area (Å²) in [4.78, 5) is 4.13. The van der Waals surface area contributed by atoms with Crippen LogP contribution in [0.3, 0.4) is 0 Å². The lowest BCUT2D eigenvalue weighted by Gasteiger charge is -2.11. The third-order valence-electron chi connectivity index (χ3n) is 1.85. The second kappa shape index (κ2) is 5.07. The molecule has 0 spiro atoms. The molecular formula is C10H14ClNO. The molecule has 1 rings (SSSR count). The maximum absolute atomic E-state index is 5.61. The zero-order chi connectivity index (χ0) is 9.68. The number of aromatic nitrogens is 1. The Morgan fingerprint density at radius 3 is 2.77 bits per heavy atom. The first-order chi connectivity index (χ1) is 6.26. The lowest BCUT2D eigenvalue weighted by molar-refractivity contribution is 0.216. The number of halogens is 1. The molecular weight excluding hydrogens is 186 g/mol. The summed E-state index contributed by atoms with van der Waals surface area (Å²) in [5.41, 5.74) is 0.873. The number of rotatable bonds is 4. The maximum atomic E-state index is 5.61. The molecule has 0 N–H and O–H groups in total. The highest BCUT2D eigenvalue weighted by Gasteiger charge is 2.00. The Kier molecular flexibility index (Phi) is 4.03. The van der Waals surface area contributed by atoms with Crippen LogP contribution in [0, 0.1) is 0 Å². The van der Waals surface area contributed by atoms with Crippen molar-refractivity contribution in [2.24, 2.45) is 0 Å². The summed E-state index contributed by atoms with van der Waals surface area (Å²) in [6, 6.07) is 3.78. The second-order valence-corrected chi connectivity index (χ2v) is 3.22. The van der Waals surface area contributed by atoms with E-state index in [1.54, 1.807) is 6.20 Å². The minimum Gasteiger partial charge on any atom is -0.489 e. The zero-order valence-electron chi connectivity index (χ0n) is 7.96. The lowest BCUT2D eigenvalue weighted by Crippen LogP contribution is -2.09. The molecule has 1 atom stereocenters. The van der Waals surface area contributed by atoms with Crippen molar-refractivity contribution in [2.45, 2.75) is 32.3 Å². The third-order valence-corrected chi connectivity index (χ3v) is 2.12. The highest BCUT2D eigenvalue weighted by atomic mass is 35.5. The van der Waals surface area contributed by atoms with Gasteiger partial charge < -0.3 is 4.74 Å². The summed E-state index contributed by atoms with van der Waals surface area (Å²) in [5, 5.41) is 0. The number of pyridine rings is 1. The largest absolute Gasteiger partial charge is 0.489 e.